The zero-order valence-electron chi connectivity index (χ0n) is 12.0. The van der Waals surface area contributed by atoms with E-state index in [0.29, 0.717) is 17.2 Å². The third-order valence-corrected chi connectivity index (χ3v) is 3.80. The molecule has 1 aliphatic carbocycles. The summed E-state index contributed by atoms with van der Waals surface area (Å²) in [7, 11) is 0. The molecule has 0 heterocycles. The molecule has 0 unspecified atom stereocenters. The summed E-state index contributed by atoms with van der Waals surface area (Å²) < 4.78 is 0.846. The fraction of sp³-hybridized carbons (Fsp3) is 0.235. The first-order chi connectivity index (χ1) is 10.6. The predicted molar refractivity (Wildman–Crippen MR) is 84.4 cm³/mol. The van der Waals surface area contributed by atoms with E-state index in [1.165, 1.54) is 31.2 Å². The maximum Gasteiger partial charge on any atom is 0.269 e. The molecule has 0 amide bonds. The number of nitro benzene ring substituents is 1. The van der Waals surface area contributed by atoms with Gasteiger partial charge in [-0.05, 0) is 37.3 Å². The fourth-order valence-corrected chi connectivity index (χ4v) is 2.42. The van der Waals surface area contributed by atoms with Crippen LogP contribution in [-0.4, -0.2) is 15.9 Å². The maximum absolute atomic E-state index is 12.4. The minimum absolute atomic E-state index is 0.0173. The summed E-state index contributed by atoms with van der Waals surface area (Å²) in [5.74, 6) is 0.703. The minimum Gasteiger partial charge on any atom is -0.618 e. The van der Waals surface area contributed by atoms with Gasteiger partial charge < -0.3 is 5.21 Å². The van der Waals surface area contributed by atoms with Crippen LogP contribution in [0.25, 0.3) is 0 Å². The van der Waals surface area contributed by atoms with Crippen LogP contribution in [0.3, 0.4) is 0 Å². The number of para-hydroxylation sites is 1. The number of non-ortho nitro benzene ring substituents is 1. The standard InChI is InChI=1S/C17H16N2O3/c20-18(12-14-7-9-16(10-8-14)19(21)22)17-4-2-1-3-15(17)11-13-5-6-13/h1-4,7-10,12-13H,5-6,11H2/b18-12-. The van der Waals surface area contributed by atoms with E-state index >= 15 is 0 Å². The largest absolute Gasteiger partial charge is 0.618 e. The molecule has 0 bridgehead atoms. The normalized spacial score (nSPS) is 14.8. The number of hydrogen-bond donors (Lipinski definition) is 0. The van der Waals surface area contributed by atoms with Crippen molar-refractivity contribution >= 4 is 17.6 Å². The molecular formula is C17H16N2O3. The first-order valence-corrected chi connectivity index (χ1v) is 7.27. The van der Waals surface area contributed by atoms with Gasteiger partial charge >= 0.3 is 0 Å². The van der Waals surface area contributed by atoms with Crippen molar-refractivity contribution in [2.24, 2.45) is 5.92 Å². The summed E-state index contributed by atoms with van der Waals surface area (Å²) in [4.78, 5) is 10.2. The summed E-state index contributed by atoms with van der Waals surface area (Å²) in [6, 6.07) is 13.5. The first-order valence-electron chi connectivity index (χ1n) is 7.27. The van der Waals surface area contributed by atoms with Crippen LogP contribution in [0.1, 0.15) is 24.0 Å². The molecule has 1 aliphatic rings. The number of hydrogen-bond acceptors (Lipinski definition) is 3. The Morgan fingerprint density at radius 2 is 1.73 bits per heavy atom. The summed E-state index contributed by atoms with van der Waals surface area (Å²) in [5.41, 5.74) is 2.36. The monoisotopic (exact) mass is 296 g/mol. The van der Waals surface area contributed by atoms with Crippen LogP contribution in [0.2, 0.25) is 0 Å². The lowest BCUT2D eigenvalue weighted by Crippen LogP contribution is -2.03. The van der Waals surface area contributed by atoms with Gasteiger partial charge in [-0.2, -0.15) is 4.74 Å². The molecule has 0 N–H and O–H groups in total. The number of rotatable bonds is 5. The molecule has 0 radical (unpaired) electrons. The van der Waals surface area contributed by atoms with Crippen LogP contribution in [0.5, 0.6) is 0 Å². The Labute approximate surface area is 128 Å². The van der Waals surface area contributed by atoms with Gasteiger partial charge in [-0.3, -0.25) is 10.1 Å². The van der Waals surface area contributed by atoms with Crippen molar-refractivity contribution in [3.63, 3.8) is 0 Å². The SMILES string of the molecule is O=[N+]([O-])c1ccc(/C=[N+](\[O-])c2ccccc2CC2CC2)cc1. The van der Waals surface area contributed by atoms with Crippen LogP contribution < -0.4 is 0 Å². The summed E-state index contributed by atoms with van der Waals surface area (Å²) in [5, 5.41) is 23.0. The number of nitrogens with zero attached hydrogens (tertiary/aromatic N) is 2. The second kappa shape index (κ2) is 5.97. The highest BCUT2D eigenvalue weighted by molar-refractivity contribution is 5.77. The van der Waals surface area contributed by atoms with Gasteiger partial charge in [0.1, 0.15) is 0 Å². The van der Waals surface area contributed by atoms with Gasteiger partial charge in [0.25, 0.3) is 5.69 Å². The lowest BCUT2D eigenvalue weighted by atomic mass is 10.1. The quantitative estimate of drug-likeness (QED) is 0.277. The first kappa shape index (κ1) is 14.3. The van der Waals surface area contributed by atoms with E-state index in [2.05, 4.69) is 0 Å². The van der Waals surface area contributed by atoms with E-state index in [1.54, 1.807) is 12.1 Å². The van der Waals surface area contributed by atoms with Crippen molar-refractivity contribution in [3.05, 3.63) is 75.0 Å². The van der Waals surface area contributed by atoms with Crippen LogP contribution in [0, 0.1) is 21.2 Å². The topological polar surface area (TPSA) is 69.2 Å². The van der Waals surface area contributed by atoms with E-state index in [4.69, 9.17) is 0 Å². The van der Waals surface area contributed by atoms with Gasteiger partial charge in [-0.15, -0.1) is 0 Å². The van der Waals surface area contributed by atoms with Crippen LogP contribution in [0.15, 0.2) is 48.5 Å². The predicted octanol–water partition coefficient (Wildman–Crippen LogP) is 3.81. The molecular weight excluding hydrogens is 280 g/mol. The van der Waals surface area contributed by atoms with Crippen molar-refractivity contribution in [1.82, 2.24) is 0 Å². The van der Waals surface area contributed by atoms with E-state index in [9.17, 15) is 15.3 Å². The Balaban J connectivity index is 1.86. The number of nitro groups is 1. The Morgan fingerprint density at radius 3 is 2.36 bits per heavy atom. The van der Waals surface area contributed by atoms with Gasteiger partial charge in [0.05, 0.1) is 4.92 Å². The Morgan fingerprint density at radius 1 is 1.05 bits per heavy atom. The van der Waals surface area contributed by atoms with Gasteiger partial charge in [-0.25, -0.2) is 0 Å². The van der Waals surface area contributed by atoms with Crippen LogP contribution in [-0.2, 0) is 6.42 Å². The molecule has 0 saturated heterocycles. The lowest BCUT2D eigenvalue weighted by molar-refractivity contribution is -0.384. The van der Waals surface area contributed by atoms with Crippen molar-refractivity contribution in [2.75, 3.05) is 0 Å². The second-order valence-corrected chi connectivity index (χ2v) is 5.58. The molecule has 112 valence electrons. The third-order valence-electron chi connectivity index (χ3n) is 3.80. The third kappa shape index (κ3) is 3.31. The van der Waals surface area contributed by atoms with E-state index in [1.807, 2.05) is 24.3 Å². The molecule has 0 aromatic heterocycles. The average molecular weight is 296 g/mol. The minimum atomic E-state index is -0.455. The summed E-state index contributed by atoms with van der Waals surface area (Å²) in [6.45, 7) is 0. The Hall–Kier alpha value is -2.69. The highest BCUT2D eigenvalue weighted by atomic mass is 16.6. The molecule has 3 rings (SSSR count). The lowest BCUT2D eigenvalue weighted by Gasteiger charge is -2.08. The average Bonchev–Trinajstić information content (AvgIpc) is 3.32. The zero-order chi connectivity index (χ0) is 15.5. The molecule has 0 aliphatic heterocycles. The molecule has 2 aromatic carbocycles. The van der Waals surface area contributed by atoms with Gasteiger partial charge in [-0.1, -0.05) is 18.2 Å². The van der Waals surface area contributed by atoms with Crippen LogP contribution in [0.4, 0.5) is 11.4 Å². The fourth-order valence-electron chi connectivity index (χ4n) is 2.42. The van der Waals surface area contributed by atoms with Crippen molar-refractivity contribution in [1.29, 1.82) is 0 Å². The van der Waals surface area contributed by atoms with Gasteiger partial charge in [0.15, 0.2) is 6.21 Å². The van der Waals surface area contributed by atoms with E-state index in [-0.39, 0.29) is 5.69 Å². The van der Waals surface area contributed by atoms with Crippen LogP contribution >= 0.6 is 0 Å². The molecule has 2 aromatic rings. The van der Waals surface area contributed by atoms with Crippen molar-refractivity contribution < 1.29 is 9.66 Å². The molecule has 1 fully saturated rings. The molecule has 22 heavy (non-hydrogen) atoms. The van der Waals surface area contributed by atoms with E-state index < -0.39 is 4.92 Å². The molecule has 5 heteroatoms. The highest BCUT2D eigenvalue weighted by Crippen LogP contribution is 2.35. The van der Waals surface area contributed by atoms with E-state index in [0.717, 1.165) is 16.7 Å². The summed E-state index contributed by atoms with van der Waals surface area (Å²) in [6.07, 6.45) is 4.86. The molecule has 0 spiro atoms. The molecule has 5 nitrogen and oxygen atoms in total. The summed E-state index contributed by atoms with van der Waals surface area (Å²) >= 11 is 0. The second-order valence-electron chi connectivity index (χ2n) is 5.58. The number of benzene rings is 2. The Bertz CT molecular complexity index is 719. The maximum atomic E-state index is 12.4. The zero-order valence-corrected chi connectivity index (χ0v) is 12.0. The van der Waals surface area contributed by atoms with Crippen molar-refractivity contribution in [2.45, 2.75) is 19.3 Å². The van der Waals surface area contributed by atoms with Gasteiger partial charge in [0.2, 0.25) is 5.69 Å². The molecule has 0 atom stereocenters. The van der Waals surface area contributed by atoms with Crippen molar-refractivity contribution in [3.8, 4) is 0 Å². The Kier molecular flexibility index (Phi) is 3.87. The van der Waals surface area contributed by atoms with Gasteiger partial charge in [0, 0.05) is 29.3 Å². The smallest absolute Gasteiger partial charge is 0.269 e. The molecule has 1 saturated carbocycles. The highest BCUT2D eigenvalue weighted by Gasteiger charge is 2.24.